The van der Waals surface area contributed by atoms with Gasteiger partial charge in [0, 0.05) is 24.1 Å². The van der Waals surface area contributed by atoms with E-state index in [9.17, 15) is 18.8 Å². The number of hydrogen-bond acceptors (Lipinski definition) is 4. The van der Waals surface area contributed by atoms with Gasteiger partial charge in [0.2, 0.25) is 0 Å². The van der Waals surface area contributed by atoms with Crippen LogP contribution in [0, 0.1) is 5.82 Å². The molecular formula is C19H24FNO4. The standard InChI is InChI=1S/C19H24FNO4/c1-13-4-3-5-14(2)21(13)18(23)12-25-19(24)11-10-17(22)15-6-8-16(20)9-7-15/h6-9,13-14H,3-5,10-12H2,1-2H3/t13-,14+. The van der Waals surface area contributed by atoms with Crippen LogP contribution in [0.25, 0.3) is 0 Å². The highest BCUT2D eigenvalue weighted by Gasteiger charge is 2.29. The second-order valence-electron chi connectivity index (χ2n) is 6.52. The molecule has 1 aliphatic rings. The van der Waals surface area contributed by atoms with Crippen molar-refractivity contribution in [3.63, 3.8) is 0 Å². The fourth-order valence-corrected chi connectivity index (χ4v) is 3.20. The van der Waals surface area contributed by atoms with Gasteiger partial charge in [0.05, 0.1) is 6.42 Å². The summed E-state index contributed by atoms with van der Waals surface area (Å²) in [6, 6.07) is 5.46. The zero-order valence-electron chi connectivity index (χ0n) is 14.7. The Bertz CT molecular complexity index is 619. The number of Topliss-reactive ketones (excluding diaryl/α,β-unsaturated/α-hetero) is 1. The third-order valence-electron chi connectivity index (χ3n) is 4.56. The van der Waals surface area contributed by atoms with Crippen LogP contribution in [0.1, 0.15) is 56.3 Å². The predicted octanol–water partition coefficient (Wildman–Crippen LogP) is 3.12. The van der Waals surface area contributed by atoms with Gasteiger partial charge in [-0.15, -0.1) is 0 Å². The van der Waals surface area contributed by atoms with E-state index in [0.29, 0.717) is 5.56 Å². The van der Waals surface area contributed by atoms with Crippen LogP contribution >= 0.6 is 0 Å². The first-order chi connectivity index (χ1) is 11.9. The van der Waals surface area contributed by atoms with Gasteiger partial charge in [-0.2, -0.15) is 0 Å². The van der Waals surface area contributed by atoms with Gasteiger partial charge in [0.15, 0.2) is 12.4 Å². The molecule has 136 valence electrons. The third-order valence-corrected chi connectivity index (χ3v) is 4.56. The lowest BCUT2D eigenvalue weighted by molar-refractivity contribution is -0.154. The maximum atomic E-state index is 12.8. The van der Waals surface area contributed by atoms with Crippen LogP contribution in [0.2, 0.25) is 0 Å². The summed E-state index contributed by atoms with van der Waals surface area (Å²) in [5, 5.41) is 0. The van der Waals surface area contributed by atoms with E-state index in [4.69, 9.17) is 4.74 Å². The van der Waals surface area contributed by atoms with Crippen molar-refractivity contribution in [2.45, 2.75) is 58.0 Å². The summed E-state index contributed by atoms with van der Waals surface area (Å²) in [6.07, 6.45) is 2.87. The summed E-state index contributed by atoms with van der Waals surface area (Å²) in [6.45, 7) is 3.70. The quantitative estimate of drug-likeness (QED) is 0.585. The van der Waals surface area contributed by atoms with Gasteiger partial charge in [-0.3, -0.25) is 14.4 Å². The Morgan fingerprint density at radius 2 is 1.68 bits per heavy atom. The van der Waals surface area contributed by atoms with Gasteiger partial charge in [-0.25, -0.2) is 4.39 Å². The minimum absolute atomic E-state index is 0.0326. The molecule has 1 saturated heterocycles. The monoisotopic (exact) mass is 349 g/mol. The highest BCUT2D eigenvalue weighted by atomic mass is 19.1. The summed E-state index contributed by atoms with van der Waals surface area (Å²) in [5.74, 6) is -1.46. The average Bonchev–Trinajstić information content (AvgIpc) is 2.58. The van der Waals surface area contributed by atoms with Crippen LogP contribution in [-0.2, 0) is 14.3 Å². The molecule has 0 aromatic heterocycles. The number of likely N-dealkylation sites (tertiary alicyclic amines) is 1. The molecule has 0 unspecified atom stereocenters. The maximum absolute atomic E-state index is 12.8. The number of rotatable bonds is 6. The number of piperidine rings is 1. The Morgan fingerprint density at radius 3 is 2.28 bits per heavy atom. The second-order valence-corrected chi connectivity index (χ2v) is 6.52. The van der Waals surface area contributed by atoms with Crippen molar-refractivity contribution in [1.82, 2.24) is 4.90 Å². The van der Waals surface area contributed by atoms with Crippen LogP contribution in [0.5, 0.6) is 0 Å². The number of nitrogens with zero attached hydrogens (tertiary/aromatic N) is 1. The first-order valence-corrected chi connectivity index (χ1v) is 8.64. The second kappa shape index (κ2) is 8.74. The molecule has 0 N–H and O–H groups in total. The summed E-state index contributed by atoms with van der Waals surface area (Å²) in [7, 11) is 0. The molecule has 0 aliphatic carbocycles. The molecule has 2 rings (SSSR count). The Morgan fingerprint density at radius 1 is 1.08 bits per heavy atom. The lowest BCUT2D eigenvalue weighted by Gasteiger charge is -2.38. The van der Waals surface area contributed by atoms with Gasteiger partial charge < -0.3 is 9.64 Å². The molecule has 1 aromatic rings. The predicted molar refractivity (Wildman–Crippen MR) is 90.5 cm³/mol. The van der Waals surface area contributed by atoms with Crippen molar-refractivity contribution in [2.24, 2.45) is 0 Å². The summed E-state index contributed by atoms with van der Waals surface area (Å²) in [4.78, 5) is 37.7. The fraction of sp³-hybridized carbons (Fsp3) is 0.526. The molecule has 2 atom stereocenters. The van der Waals surface area contributed by atoms with E-state index in [1.807, 2.05) is 13.8 Å². The molecular weight excluding hydrogens is 325 g/mol. The Kier molecular flexibility index (Phi) is 6.67. The summed E-state index contributed by atoms with van der Waals surface area (Å²) >= 11 is 0. The van der Waals surface area contributed by atoms with Crippen molar-refractivity contribution < 1.29 is 23.5 Å². The van der Waals surface area contributed by atoms with Crippen molar-refractivity contribution in [3.05, 3.63) is 35.6 Å². The minimum Gasteiger partial charge on any atom is -0.456 e. The molecule has 1 aromatic carbocycles. The van der Waals surface area contributed by atoms with E-state index in [-0.39, 0.29) is 43.2 Å². The normalized spacial score (nSPS) is 20.2. The van der Waals surface area contributed by atoms with Crippen molar-refractivity contribution in [1.29, 1.82) is 0 Å². The van der Waals surface area contributed by atoms with Gasteiger partial charge >= 0.3 is 5.97 Å². The van der Waals surface area contributed by atoms with Crippen molar-refractivity contribution >= 4 is 17.7 Å². The number of carbonyl (C=O) groups is 3. The highest BCUT2D eigenvalue weighted by Crippen LogP contribution is 2.22. The number of ether oxygens (including phenoxy) is 1. The largest absolute Gasteiger partial charge is 0.456 e. The van der Waals surface area contributed by atoms with Gasteiger partial charge in [-0.1, -0.05) is 0 Å². The smallest absolute Gasteiger partial charge is 0.306 e. The number of benzene rings is 1. The van der Waals surface area contributed by atoms with Crippen LogP contribution in [0.4, 0.5) is 4.39 Å². The number of esters is 1. The molecule has 0 radical (unpaired) electrons. The first kappa shape index (κ1) is 19.1. The van der Waals surface area contributed by atoms with Gasteiger partial charge in [0.1, 0.15) is 5.82 Å². The fourth-order valence-electron chi connectivity index (χ4n) is 3.20. The topological polar surface area (TPSA) is 63.7 Å². The molecule has 1 heterocycles. The van der Waals surface area contributed by atoms with Gasteiger partial charge in [0.25, 0.3) is 5.91 Å². The van der Waals surface area contributed by atoms with E-state index < -0.39 is 11.8 Å². The van der Waals surface area contributed by atoms with Crippen molar-refractivity contribution in [2.75, 3.05) is 6.61 Å². The Labute approximate surface area is 147 Å². The van der Waals surface area contributed by atoms with E-state index in [1.165, 1.54) is 24.3 Å². The van der Waals surface area contributed by atoms with Crippen LogP contribution in [0.15, 0.2) is 24.3 Å². The number of halogens is 1. The first-order valence-electron chi connectivity index (χ1n) is 8.64. The van der Waals surface area contributed by atoms with E-state index in [0.717, 1.165) is 19.3 Å². The molecule has 5 nitrogen and oxygen atoms in total. The zero-order valence-corrected chi connectivity index (χ0v) is 14.7. The molecule has 0 bridgehead atoms. The van der Waals surface area contributed by atoms with E-state index in [1.54, 1.807) is 4.90 Å². The average molecular weight is 349 g/mol. The molecule has 1 aliphatic heterocycles. The Balaban J connectivity index is 1.75. The van der Waals surface area contributed by atoms with E-state index >= 15 is 0 Å². The summed E-state index contributed by atoms with van der Waals surface area (Å²) < 4.78 is 17.8. The maximum Gasteiger partial charge on any atom is 0.306 e. The lowest BCUT2D eigenvalue weighted by atomic mass is 9.97. The van der Waals surface area contributed by atoms with Gasteiger partial charge in [-0.05, 0) is 57.4 Å². The molecule has 0 spiro atoms. The molecule has 1 amide bonds. The SMILES string of the molecule is C[C@@H]1CCC[C@H](C)N1C(=O)COC(=O)CCC(=O)c1ccc(F)cc1. The number of hydrogen-bond donors (Lipinski definition) is 0. The minimum atomic E-state index is -0.582. The summed E-state index contributed by atoms with van der Waals surface area (Å²) in [5.41, 5.74) is 0.348. The lowest BCUT2D eigenvalue weighted by Crippen LogP contribution is -2.49. The van der Waals surface area contributed by atoms with Crippen LogP contribution in [-0.4, -0.2) is 41.3 Å². The Hall–Kier alpha value is -2.24. The number of carbonyl (C=O) groups excluding carboxylic acids is 3. The highest BCUT2D eigenvalue weighted by molar-refractivity contribution is 5.97. The van der Waals surface area contributed by atoms with Crippen molar-refractivity contribution in [3.8, 4) is 0 Å². The molecule has 1 fully saturated rings. The molecule has 25 heavy (non-hydrogen) atoms. The third kappa shape index (κ3) is 5.37. The van der Waals surface area contributed by atoms with Crippen LogP contribution in [0.3, 0.4) is 0 Å². The van der Waals surface area contributed by atoms with E-state index in [2.05, 4.69) is 0 Å². The number of amides is 1. The zero-order chi connectivity index (χ0) is 18.4. The molecule has 0 saturated carbocycles. The van der Waals surface area contributed by atoms with Crippen LogP contribution < -0.4 is 0 Å². The molecule has 6 heteroatoms. The number of ketones is 1.